The minimum atomic E-state index is -1.27. The van der Waals surface area contributed by atoms with E-state index in [0.717, 1.165) is 10.0 Å². The molecule has 0 fully saturated rings. The lowest BCUT2D eigenvalue weighted by atomic mass is 9.75. The van der Waals surface area contributed by atoms with Crippen molar-refractivity contribution in [2.45, 2.75) is 51.8 Å². The normalized spacial score (nSPS) is 17.8. The predicted molar refractivity (Wildman–Crippen MR) is 103 cm³/mol. The van der Waals surface area contributed by atoms with Gasteiger partial charge in [0.05, 0.1) is 26.3 Å². The van der Waals surface area contributed by atoms with Crippen LogP contribution in [0.15, 0.2) is 22.7 Å². The van der Waals surface area contributed by atoms with Crippen molar-refractivity contribution >= 4 is 38.5 Å². The highest BCUT2D eigenvalue weighted by molar-refractivity contribution is 9.10. The van der Waals surface area contributed by atoms with Crippen molar-refractivity contribution in [3.8, 4) is 0 Å². The summed E-state index contributed by atoms with van der Waals surface area (Å²) in [5.74, 6) is 0.0999. The average molecular weight is 425 g/mol. The van der Waals surface area contributed by atoms with Crippen LogP contribution in [0.5, 0.6) is 0 Å². The third-order valence-electron chi connectivity index (χ3n) is 4.12. The number of halogens is 2. The van der Waals surface area contributed by atoms with Crippen LogP contribution < -0.4 is 4.72 Å². The zero-order chi connectivity index (χ0) is 18.0. The van der Waals surface area contributed by atoms with Gasteiger partial charge in [0.15, 0.2) is 0 Å². The molecule has 2 N–H and O–H groups in total. The second-order valence-electron chi connectivity index (χ2n) is 7.35. The van der Waals surface area contributed by atoms with Crippen molar-refractivity contribution in [1.82, 2.24) is 4.72 Å². The Balaban J connectivity index is 3.41. The smallest absolute Gasteiger partial charge is 0.0978 e. The first-order valence-electron chi connectivity index (χ1n) is 7.69. The molecule has 0 spiro atoms. The molecule has 0 amide bonds. The molecule has 1 aromatic carbocycles. The molecule has 6 heteroatoms. The molecule has 0 radical (unpaired) electrons. The highest BCUT2D eigenvalue weighted by Gasteiger charge is 2.40. The lowest BCUT2D eigenvalue weighted by Gasteiger charge is -2.41. The molecule has 0 saturated heterocycles. The summed E-state index contributed by atoms with van der Waals surface area (Å²) in [6, 6.07) is 5.70. The lowest BCUT2D eigenvalue weighted by Crippen LogP contribution is -2.53. The van der Waals surface area contributed by atoms with Gasteiger partial charge in [-0.3, -0.25) is 0 Å². The largest absolute Gasteiger partial charge is 0.396 e. The fourth-order valence-corrected chi connectivity index (χ4v) is 3.96. The number of nitrogens with one attached hydrogen (secondary N) is 1. The maximum absolute atomic E-state index is 12.7. The lowest BCUT2D eigenvalue weighted by molar-refractivity contribution is 0.111. The Bertz CT molecular complexity index is 574. The predicted octanol–water partition coefficient (Wildman–Crippen LogP) is 4.63. The Kier molecular flexibility index (Phi) is 7.30. The highest BCUT2D eigenvalue weighted by atomic mass is 79.9. The number of benzene rings is 1. The Morgan fingerprint density at radius 3 is 2.26 bits per heavy atom. The molecular formula is C17H27BrClNO2S. The van der Waals surface area contributed by atoms with Gasteiger partial charge in [-0.2, -0.15) is 0 Å². The number of rotatable bonds is 6. The van der Waals surface area contributed by atoms with E-state index in [1.165, 1.54) is 0 Å². The summed E-state index contributed by atoms with van der Waals surface area (Å²) < 4.78 is 16.4. The standard InChI is InChI=1S/C17H27BrClNO2S/c1-11(2)13(10-21)17(6,20-23(22)16(3,4)5)12-7-8-14(18)15(19)9-12/h7-9,11,13,20-21H,10H2,1-6H3/t13?,17-,23?/m0/s1. The molecule has 1 aromatic rings. The minimum absolute atomic E-state index is 0.00378. The highest BCUT2D eigenvalue weighted by Crippen LogP contribution is 2.38. The van der Waals surface area contributed by atoms with Gasteiger partial charge >= 0.3 is 0 Å². The molecule has 23 heavy (non-hydrogen) atoms. The minimum Gasteiger partial charge on any atom is -0.396 e. The van der Waals surface area contributed by atoms with E-state index in [9.17, 15) is 9.32 Å². The van der Waals surface area contributed by atoms with Gasteiger partial charge in [0, 0.05) is 17.0 Å². The fraction of sp³-hybridized carbons (Fsp3) is 0.647. The van der Waals surface area contributed by atoms with Crippen LogP contribution >= 0.6 is 27.5 Å². The fourth-order valence-electron chi connectivity index (χ4n) is 2.57. The maximum atomic E-state index is 12.7. The van der Waals surface area contributed by atoms with Crippen LogP contribution in [0.25, 0.3) is 0 Å². The van der Waals surface area contributed by atoms with Crippen molar-refractivity contribution in [2.75, 3.05) is 6.61 Å². The van der Waals surface area contributed by atoms with Crippen molar-refractivity contribution < 1.29 is 9.32 Å². The zero-order valence-electron chi connectivity index (χ0n) is 14.6. The summed E-state index contributed by atoms with van der Waals surface area (Å²) in [7, 11) is -1.27. The van der Waals surface area contributed by atoms with E-state index in [4.69, 9.17) is 11.6 Å². The first kappa shape index (κ1) is 21.1. The molecule has 2 unspecified atom stereocenters. The Labute approximate surface area is 155 Å². The van der Waals surface area contributed by atoms with Crippen LogP contribution in [-0.4, -0.2) is 20.7 Å². The molecule has 0 bridgehead atoms. The van der Waals surface area contributed by atoms with E-state index in [1.807, 2.05) is 45.9 Å². The van der Waals surface area contributed by atoms with Crippen LogP contribution in [0.1, 0.15) is 47.1 Å². The number of hydrogen-bond acceptors (Lipinski definition) is 2. The molecule has 1 rings (SSSR count). The van der Waals surface area contributed by atoms with Crippen molar-refractivity contribution in [2.24, 2.45) is 11.8 Å². The van der Waals surface area contributed by atoms with Crippen LogP contribution in [-0.2, 0) is 16.5 Å². The van der Waals surface area contributed by atoms with Gasteiger partial charge in [0.2, 0.25) is 0 Å². The van der Waals surface area contributed by atoms with Crippen molar-refractivity contribution in [1.29, 1.82) is 0 Å². The van der Waals surface area contributed by atoms with E-state index in [1.54, 1.807) is 0 Å². The molecule has 3 nitrogen and oxygen atoms in total. The molecule has 0 aliphatic carbocycles. The molecule has 0 aromatic heterocycles. The van der Waals surface area contributed by atoms with Gasteiger partial charge in [-0.05, 0) is 67.2 Å². The molecule has 3 atom stereocenters. The van der Waals surface area contributed by atoms with Gasteiger partial charge in [-0.15, -0.1) is 0 Å². The third kappa shape index (κ3) is 5.02. The monoisotopic (exact) mass is 423 g/mol. The average Bonchev–Trinajstić information content (AvgIpc) is 2.40. The summed E-state index contributed by atoms with van der Waals surface area (Å²) in [6.45, 7) is 11.9. The zero-order valence-corrected chi connectivity index (χ0v) is 17.8. The maximum Gasteiger partial charge on any atom is 0.0978 e. The third-order valence-corrected chi connectivity index (χ3v) is 7.08. The van der Waals surface area contributed by atoms with Gasteiger partial charge < -0.3 is 5.11 Å². The molecule has 132 valence electrons. The van der Waals surface area contributed by atoms with Crippen LogP contribution in [0.2, 0.25) is 5.02 Å². The van der Waals surface area contributed by atoms with E-state index in [0.29, 0.717) is 5.02 Å². The quantitative estimate of drug-likeness (QED) is 0.699. The van der Waals surface area contributed by atoms with E-state index in [-0.39, 0.29) is 18.4 Å². The second kappa shape index (κ2) is 7.96. The van der Waals surface area contributed by atoms with Crippen molar-refractivity contribution in [3.05, 3.63) is 33.3 Å². The van der Waals surface area contributed by atoms with E-state index >= 15 is 0 Å². The summed E-state index contributed by atoms with van der Waals surface area (Å²) in [5, 5.41) is 10.5. The molecule has 0 aliphatic heterocycles. The number of hydrogen-bond donors (Lipinski definition) is 2. The number of aliphatic hydroxyl groups is 1. The first-order chi connectivity index (χ1) is 10.4. The summed E-state index contributed by atoms with van der Waals surface area (Å²) in [4.78, 5) is 0. The molecule has 0 aliphatic rings. The first-order valence-corrected chi connectivity index (χ1v) is 10.0. The Morgan fingerprint density at radius 2 is 1.87 bits per heavy atom. The SMILES string of the molecule is CC(C)C(CO)[C@@](C)(NS(=O)C(C)(C)C)c1ccc(Br)c(Cl)c1. The molecular weight excluding hydrogens is 398 g/mol. The van der Waals surface area contributed by atoms with Gasteiger partial charge in [-0.25, -0.2) is 8.93 Å². The summed E-state index contributed by atoms with van der Waals surface area (Å²) in [6.07, 6.45) is 0. The van der Waals surface area contributed by atoms with E-state index in [2.05, 4.69) is 34.5 Å². The molecule has 0 heterocycles. The molecule has 0 saturated carbocycles. The summed E-state index contributed by atoms with van der Waals surface area (Å²) >= 11 is 9.66. The van der Waals surface area contributed by atoms with Crippen LogP contribution in [0, 0.1) is 11.8 Å². The van der Waals surface area contributed by atoms with Crippen LogP contribution in [0.4, 0.5) is 0 Å². The topological polar surface area (TPSA) is 49.3 Å². The van der Waals surface area contributed by atoms with E-state index < -0.39 is 21.3 Å². The second-order valence-corrected chi connectivity index (χ2v) is 10.6. The van der Waals surface area contributed by atoms with Crippen LogP contribution in [0.3, 0.4) is 0 Å². The van der Waals surface area contributed by atoms with Gasteiger partial charge in [0.25, 0.3) is 0 Å². The Hall–Kier alpha value is 0.0600. The van der Waals surface area contributed by atoms with Crippen molar-refractivity contribution in [3.63, 3.8) is 0 Å². The Morgan fingerprint density at radius 1 is 1.30 bits per heavy atom. The summed E-state index contributed by atoms with van der Waals surface area (Å²) in [5.41, 5.74) is 0.252. The van der Waals surface area contributed by atoms with Gasteiger partial charge in [-0.1, -0.05) is 31.5 Å². The number of aliphatic hydroxyl groups excluding tert-OH is 1. The van der Waals surface area contributed by atoms with Gasteiger partial charge in [0.1, 0.15) is 0 Å².